The molecular weight excluding hydrogens is 328 g/mol. The molecule has 0 aromatic heterocycles. The third-order valence-electron chi connectivity index (χ3n) is 3.74. The van der Waals surface area contributed by atoms with Gasteiger partial charge in [0.25, 0.3) is 5.91 Å². The van der Waals surface area contributed by atoms with Crippen molar-refractivity contribution in [2.45, 2.75) is 0 Å². The van der Waals surface area contributed by atoms with Crippen molar-refractivity contribution >= 4 is 23.5 Å². The first-order valence-electron chi connectivity index (χ1n) is 8.04. The molecule has 0 heterocycles. The first-order chi connectivity index (χ1) is 12.7. The van der Waals surface area contributed by atoms with Gasteiger partial charge in [0, 0.05) is 23.5 Å². The number of hydrogen-bond acceptors (Lipinski definition) is 4. The molecule has 26 heavy (non-hydrogen) atoms. The predicted octanol–water partition coefficient (Wildman–Crippen LogP) is 4.40. The highest BCUT2D eigenvalue weighted by Gasteiger charge is 2.10. The van der Waals surface area contributed by atoms with E-state index in [0.29, 0.717) is 22.6 Å². The minimum absolute atomic E-state index is 0.113. The van der Waals surface area contributed by atoms with Gasteiger partial charge in [0.2, 0.25) is 0 Å². The molecule has 0 unspecified atom stereocenters. The van der Waals surface area contributed by atoms with Gasteiger partial charge in [-0.05, 0) is 36.4 Å². The Kier molecular flexibility index (Phi) is 5.29. The number of para-hydroxylation sites is 2. The Morgan fingerprint density at radius 2 is 1.77 bits per heavy atom. The number of phenolic OH excluding ortho intramolecular Hbond substituents is 1. The van der Waals surface area contributed by atoms with Crippen LogP contribution in [0.4, 0.5) is 11.4 Å². The Balaban J connectivity index is 1.87. The van der Waals surface area contributed by atoms with E-state index in [-0.39, 0.29) is 11.7 Å². The lowest BCUT2D eigenvalue weighted by molar-refractivity contribution is 0.102. The molecule has 5 heteroatoms. The van der Waals surface area contributed by atoms with Gasteiger partial charge in [-0.25, -0.2) is 0 Å². The number of rotatable bonds is 5. The smallest absolute Gasteiger partial charge is 0.257 e. The van der Waals surface area contributed by atoms with Gasteiger partial charge in [0.05, 0.1) is 18.4 Å². The van der Waals surface area contributed by atoms with Crippen LogP contribution >= 0.6 is 0 Å². The topological polar surface area (TPSA) is 70.9 Å². The molecule has 0 fully saturated rings. The molecule has 3 rings (SSSR count). The van der Waals surface area contributed by atoms with E-state index in [1.165, 1.54) is 13.2 Å². The largest absolute Gasteiger partial charge is 0.508 e. The number of ether oxygens (including phenoxy) is 1. The number of phenols is 1. The SMILES string of the molecule is COc1cc(O)ccc1/C=N/c1ccccc1C(=O)Nc1ccccc1. The number of aromatic hydroxyl groups is 1. The van der Waals surface area contributed by atoms with Crippen LogP contribution in [0.15, 0.2) is 77.8 Å². The lowest BCUT2D eigenvalue weighted by atomic mass is 10.1. The summed E-state index contributed by atoms with van der Waals surface area (Å²) in [5, 5.41) is 12.4. The zero-order valence-electron chi connectivity index (χ0n) is 14.2. The summed E-state index contributed by atoms with van der Waals surface area (Å²) in [4.78, 5) is 17.0. The van der Waals surface area contributed by atoms with Gasteiger partial charge in [-0.2, -0.15) is 0 Å². The predicted molar refractivity (Wildman–Crippen MR) is 103 cm³/mol. The molecule has 0 aliphatic rings. The number of methoxy groups -OCH3 is 1. The highest BCUT2D eigenvalue weighted by molar-refractivity contribution is 6.08. The fourth-order valence-corrected chi connectivity index (χ4v) is 2.44. The molecule has 3 aromatic rings. The number of carbonyl (C=O) groups is 1. The van der Waals surface area contributed by atoms with Crippen LogP contribution in [0.2, 0.25) is 0 Å². The van der Waals surface area contributed by atoms with Crippen LogP contribution in [0.3, 0.4) is 0 Å². The third-order valence-corrected chi connectivity index (χ3v) is 3.74. The van der Waals surface area contributed by atoms with Crippen molar-refractivity contribution in [3.63, 3.8) is 0 Å². The summed E-state index contributed by atoms with van der Waals surface area (Å²) in [6.07, 6.45) is 1.60. The highest BCUT2D eigenvalue weighted by Crippen LogP contribution is 2.24. The monoisotopic (exact) mass is 346 g/mol. The second-order valence-corrected chi connectivity index (χ2v) is 5.52. The molecule has 5 nitrogen and oxygen atoms in total. The average Bonchev–Trinajstić information content (AvgIpc) is 2.68. The van der Waals surface area contributed by atoms with Gasteiger partial charge in [-0.3, -0.25) is 9.79 Å². The Morgan fingerprint density at radius 3 is 2.54 bits per heavy atom. The number of nitrogens with one attached hydrogen (secondary N) is 1. The van der Waals surface area contributed by atoms with Crippen LogP contribution in [0.25, 0.3) is 0 Å². The van der Waals surface area contributed by atoms with Crippen LogP contribution in [0, 0.1) is 0 Å². The molecular formula is C21H18N2O3. The van der Waals surface area contributed by atoms with E-state index < -0.39 is 0 Å². The van der Waals surface area contributed by atoms with E-state index in [0.717, 1.165) is 5.69 Å². The summed E-state index contributed by atoms with van der Waals surface area (Å²) in [5.74, 6) is 0.378. The molecule has 3 aromatic carbocycles. The normalized spacial score (nSPS) is 10.7. The fraction of sp³-hybridized carbons (Fsp3) is 0.0476. The third kappa shape index (κ3) is 4.08. The Bertz CT molecular complexity index is 937. The van der Waals surface area contributed by atoms with Crippen molar-refractivity contribution in [2.75, 3.05) is 12.4 Å². The van der Waals surface area contributed by atoms with Crippen molar-refractivity contribution in [3.8, 4) is 11.5 Å². The van der Waals surface area contributed by atoms with Crippen LogP contribution in [0.5, 0.6) is 11.5 Å². The second kappa shape index (κ2) is 7.98. The zero-order chi connectivity index (χ0) is 18.4. The molecule has 0 saturated heterocycles. The maximum atomic E-state index is 12.6. The molecule has 0 saturated carbocycles. The summed E-state index contributed by atoms with van der Waals surface area (Å²) in [5.41, 5.74) is 2.42. The van der Waals surface area contributed by atoms with Gasteiger partial charge in [-0.15, -0.1) is 0 Å². The first kappa shape index (κ1) is 17.2. The standard InChI is InChI=1S/C21H18N2O3/c1-26-20-13-17(24)12-11-15(20)14-22-19-10-6-5-9-18(19)21(25)23-16-7-3-2-4-8-16/h2-14,24H,1H3,(H,23,25)/b22-14+. The summed E-state index contributed by atoms with van der Waals surface area (Å²) >= 11 is 0. The maximum absolute atomic E-state index is 12.6. The maximum Gasteiger partial charge on any atom is 0.257 e. The van der Waals surface area contributed by atoms with Crippen molar-refractivity contribution in [3.05, 3.63) is 83.9 Å². The van der Waals surface area contributed by atoms with E-state index in [1.54, 1.807) is 36.5 Å². The molecule has 130 valence electrons. The minimum Gasteiger partial charge on any atom is -0.508 e. The molecule has 0 aliphatic heterocycles. The molecule has 0 spiro atoms. The van der Waals surface area contributed by atoms with E-state index in [4.69, 9.17) is 4.74 Å². The Morgan fingerprint density at radius 1 is 1.04 bits per heavy atom. The minimum atomic E-state index is -0.235. The Hall–Kier alpha value is -3.60. The van der Waals surface area contributed by atoms with Crippen molar-refractivity contribution in [1.82, 2.24) is 0 Å². The van der Waals surface area contributed by atoms with Crippen molar-refractivity contribution in [1.29, 1.82) is 0 Å². The summed E-state index contributed by atoms with van der Waals surface area (Å²) < 4.78 is 5.24. The number of carbonyl (C=O) groups excluding carboxylic acids is 1. The lowest BCUT2D eigenvalue weighted by Crippen LogP contribution is -2.11. The summed E-state index contributed by atoms with van der Waals surface area (Å²) in [7, 11) is 1.52. The number of nitrogens with zero attached hydrogens (tertiary/aromatic N) is 1. The summed E-state index contributed by atoms with van der Waals surface area (Å²) in [6, 6.07) is 21.1. The lowest BCUT2D eigenvalue weighted by Gasteiger charge is -2.08. The van der Waals surface area contributed by atoms with E-state index in [9.17, 15) is 9.90 Å². The molecule has 2 N–H and O–H groups in total. The number of hydrogen-bond donors (Lipinski definition) is 2. The zero-order valence-corrected chi connectivity index (χ0v) is 14.2. The van der Waals surface area contributed by atoms with Gasteiger partial charge < -0.3 is 15.2 Å². The van der Waals surface area contributed by atoms with E-state index in [1.807, 2.05) is 36.4 Å². The molecule has 0 atom stereocenters. The quantitative estimate of drug-likeness (QED) is 0.673. The molecule has 0 radical (unpaired) electrons. The second-order valence-electron chi connectivity index (χ2n) is 5.52. The highest BCUT2D eigenvalue weighted by atomic mass is 16.5. The molecule has 1 amide bonds. The fourth-order valence-electron chi connectivity index (χ4n) is 2.44. The van der Waals surface area contributed by atoms with Crippen LogP contribution < -0.4 is 10.1 Å². The van der Waals surface area contributed by atoms with Gasteiger partial charge in [-0.1, -0.05) is 30.3 Å². The van der Waals surface area contributed by atoms with Gasteiger partial charge in [0.15, 0.2) is 0 Å². The molecule has 0 aliphatic carbocycles. The first-order valence-corrected chi connectivity index (χ1v) is 8.04. The van der Waals surface area contributed by atoms with E-state index >= 15 is 0 Å². The van der Waals surface area contributed by atoms with Crippen LogP contribution in [0.1, 0.15) is 15.9 Å². The molecule has 0 bridgehead atoms. The summed E-state index contributed by atoms with van der Waals surface area (Å²) in [6.45, 7) is 0. The number of aliphatic imine (C=N–C) groups is 1. The number of benzene rings is 3. The van der Waals surface area contributed by atoms with Gasteiger partial charge in [0.1, 0.15) is 11.5 Å². The van der Waals surface area contributed by atoms with E-state index in [2.05, 4.69) is 10.3 Å². The van der Waals surface area contributed by atoms with Crippen LogP contribution in [-0.4, -0.2) is 24.3 Å². The average molecular weight is 346 g/mol. The van der Waals surface area contributed by atoms with Gasteiger partial charge >= 0.3 is 0 Å². The number of anilines is 1. The Labute approximate surface area is 151 Å². The van der Waals surface area contributed by atoms with Crippen LogP contribution in [-0.2, 0) is 0 Å². The number of amides is 1. The van der Waals surface area contributed by atoms with Crippen molar-refractivity contribution in [2.24, 2.45) is 4.99 Å². The van der Waals surface area contributed by atoms with Crippen molar-refractivity contribution < 1.29 is 14.6 Å².